The molecule has 1 nitrogen and oxygen atoms in total. The summed E-state index contributed by atoms with van der Waals surface area (Å²) in [5.74, 6) is 9.35. The Kier molecular flexibility index (Phi) is 15.8. The van der Waals surface area contributed by atoms with E-state index in [9.17, 15) is 0 Å². The summed E-state index contributed by atoms with van der Waals surface area (Å²) in [7, 11) is 0. The molecule has 27 heavy (non-hydrogen) atoms. The van der Waals surface area contributed by atoms with Gasteiger partial charge in [-0.25, -0.2) is 0 Å². The number of hydrogen-bond acceptors (Lipinski definition) is 1. The van der Waals surface area contributed by atoms with Gasteiger partial charge in [-0.15, -0.1) is 0 Å². The fraction of sp³-hybridized carbons (Fsp3) is 0.960. The molecule has 0 unspecified atom stereocenters. The molecule has 0 bridgehead atoms. The van der Waals surface area contributed by atoms with Crippen molar-refractivity contribution < 1.29 is 37.4 Å². The molecule has 3 fully saturated rings. The number of ether oxygens (including phenoxy) is 1. The predicted molar refractivity (Wildman–Crippen MR) is 118 cm³/mol. The molecule has 2 saturated carbocycles. The summed E-state index contributed by atoms with van der Waals surface area (Å²) >= 11 is 0. The quantitative estimate of drug-likeness (QED) is 0.341. The Balaban J connectivity index is 0. The Hall–Kier alpha value is 1.06. The van der Waals surface area contributed by atoms with Gasteiger partial charge in [-0.2, -0.15) is 0 Å². The Morgan fingerprint density at radius 1 is 0.407 bits per heavy atom. The van der Waals surface area contributed by atoms with E-state index in [0.29, 0.717) is 0 Å². The first-order valence-corrected chi connectivity index (χ1v) is 11.2. The molecule has 1 radical (unpaired) electrons. The summed E-state index contributed by atoms with van der Waals surface area (Å²) in [5, 5.41) is 0. The van der Waals surface area contributed by atoms with Crippen LogP contribution in [0.5, 0.6) is 0 Å². The van der Waals surface area contributed by atoms with Crippen LogP contribution in [-0.2, 0) is 37.4 Å². The second-order valence-corrected chi connectivity index (χ2v) is 9.91. The second-order valence-electron chi connectivity index (χ2n) is 9.91. The van der Waals surface area contributed by atoms with Crippen molar-refractivity contribution in [3.8, 4) is 0 Å². The first-order chi connectivity index (χ1) is 11.6. The van der Waals surface area contributed by atoms with Crippen LogP contribution in [0.25, 0.3) is 0 Å². The number of rotatable bonds is 0. The van der Waals surface area contributed by atoms with Gasteiger partial charge in [-0.3, -0.25) is 0 Å². The molecule has 3 aliphatic rings. The first-order valence-electron chi connectivity index (χ1n) is 11.2. The third-order valence-corrected chi connectivity index (χ3v) is 9.12. The fourth-order valence-electron chi connectivity index (χ4n) is 5.30. The van der Waals surface area contributed by atoms with Crippen molar-refractivity contribution in [2.75, 3.05) is 13.2 Å². The molecule has 1 heterocycles. The van der Waals surface area contributed by atoms with Crippen molar-refractivity contribution >= 4 is 0 Å². The van der Waals surface area contributed by atoms with Gasteiger partial charge in [0.15, 0.2) is 0 Å². The van der Waals surface area contributed by atoms with Crippen molar-refractivity contribution in [1.82, 2.24) is 0 Å². The van der Waals surface area contributed by atoms with E-state index in [1.54, 1.807) is 0 Å². The molecule has 2 heteroatoms. The smallest absolute Gasteiger partial charge is 0.0466 e. The van der Waals surface area contributed by atoms with Crippen LogP contribution in [0.1, 0.15) is 82.1 Å². The average molecular weight is 457 g/mol. The Labute approximate surface area is 198 Å². The summed E-state index contributed by atoms with van der Waals surface area (Å²) < 4.78 is 4.94. The molecule has 0 amide bonds. The molecule has 1 saturated heterocycles. The SMILES string of the molecule is C1CCOC1.CC1C(C)C(C)C(C)C1C.CC1C(C)C(C)C(C)C1C.[CH3-].[Y]. The minimum absolute atomic E-state index is 0. The van der Waals surface area contributed by atoms with Crippen LogP contribution < -0.4 is 0 Å². The molecule has 3 rings (SSSR count). The van der Waals surface area contributed by atoms with Crippen LogP contribution in [0.15, 0.2) is 0 Å². The van der Waals surface area contributed by atoms with Gasteiger partial charge in [-0.05, 0) is 72.0 Å². The fourth-order valence-corrected chi connectivity index (χ4v) is 5.30. The maximum Gasteiger partial charge on any atom is 0.0466 e. The average Bonchev–Trinajstić information content (AvgIpc) is 3.29. The zero-order valence-electron chi connectivity index (χ0n) is 20.6. The molecule has 0 aromatic heterocycles. The summed E-state index contributed by atoms with van der Waals surface area (Å²) in [6, 6.07) is 0. The van der Waals surface area contributed by atoms with Gasteiger partial charge in [0.1, 0.15) is 0 Å². The van der Waals surface area contributed by atoms with Gasteiger partial charge < -0.3 is 12.2 Å². The Morgan fingerprint density at radius 2 is 0.556 bits per heavy atom. The van der Waals surface area contributed by atoms with Gasteiger partial charge in [0.25, 0.3) is 0 Å². The van der Waals surface area contributed by atoms with Crippen molar-refractivity contribution in [3.05, 3.63) is 7.43 Å². The van der Waals surface area contributed by atoms with Crippen molar-refractivity contribution in [1.29, 1.82) is 0 Å². The van der Waals surface area contributed by atoms with Gasteiger partial charge >= 0.3 is 0 Å². The van der Waals surface area contributed by atoms with Gasteiger partial charge in [0.05, 0.1) is 0 Å². The van der Waals surface area contributed by atoms with Crippen molar-refractivity contribution in [2.45, 2.75) is 82.1 Å². The van der Waals surface area contributed by atoms with E-state index < -0.39 is 0 Å². The molecule has 0 N–H and O–H groups in total. The topological polar surface area (TPSA) is 9.23 Å². The molecule has 0 aromatic rings. The molecular formula is C25H51OY-. The summed E-state index contributed by atoms with van der Waals surface area (Å²) in [6.45, 7) is 26.0. The van der Waals surface area contributed by atoms with Crippen LogP contribution >= 0.6 is 0 Å². The Morgan fingerprint density at radius 3 is 0.630 bits per heavy atom. The minimum Gasteiger partial charge on any atom is -0.381 e. The van der Waals surface area contributed by atoms with E-state index in [0.717, 1.165) is 72.4 Å². The van der Waals surface area contributed by atoms with E-state index in [1.807, 2.05) is 0 Å². The maximum atomic E-state index is 4.94. The van der Waals surface area contributed by atoms with Crippen LogP contribution in [0.2, 0.25) is 0 Å². The maximum absolute atomic E-state index is 4.94. The van der Waals surface area contributed by atoms with Crippen LogP contribution in [0.3, 0.4) is 0 Å². The van der Waals surface area contributed by atoms with Crippen LogP contribution in [0.4, 0.5) is 0 Å². The van der Waals surface area contributed by atoms with Gasteiger partial charge in [0, 0.05) is 45.9 Å². The van der Waals surface area contributed by atoms with E-state index in [4.69, 9.17) is 4.74 Å². The largest absolute Gasteiger partial charge is 0.381 e. The molecular weight excluding hydrogens is 405 g/mol. The van der Waals surface area contributed by atoms with E-state index in [-0.39, 0.29) is 40.1 Å². The summed E-state index contributed by atoms with van der Waals surface area (Å²) in [6.07, 6.45) is 2.56. The molecule has 0 spiro atoms. The summed E-state index contributed by atoms with van der Waals surface area (Å²) in [4.78, 5) is 0. The normalized spacial score (nSPS) is 45.6. The predicted octanol–water partition coefficient (Wildman–Crippen LogP) is 7.61. The van der Waals surface area contributed by atoms with Crippen LogP contribution in [-0.4, -0.2) is 13.2 Å². The molecule has 0 atom stereocenters. The summed E-state index contributed by atoms with van der Waals surface area (Å²) in [5.41, 5.74) is 0. The molecule has 0 aromatic carbocycles. The van der Waals surface area contributed by atoms with E-state index in [2.05, 4.69) is 69.2 Å². The van der Waals surface area contributed by atoms with Crippen LogP contribution in [0, 0.1) is 66.6 Å². The van der Waals surface area contributed by atoms with E-state index in [1.165, 1.54) is 12.8 Å². The van der Waals surface area contributed by atoms with Crippen molar-refractivity contribution in [2.24, 2.45) is 59.2 Å². The van der Waals surface area contributed by atoms with Gasteiger partial charge in [0.2, 0.25) is 0 Å². The zero-order chi connectivity index (χ0) is 19.3. The monoisotopic (exact) mass is 456 g/mol. The van der Waals surface area contributed by atoms with E-state index >= 15 is 0 Å². The van der Waals surface area contributed by atoms with Gasteiger partial charge in [-0.1, -0.05) is 69.2 Å². The first kappa shape index (κ1) is 30.3. The zero-order valence-corrected chi connectivity index (χ0v) is 23.4. The molecule has 161 valence electrons. The second kappa shape index (κ2) is 14.1. The standard InChI is InChI=1S/2C10H20.C4H8O.CH3.Y/c2*1-6-7(2)9(4)10(5)8(6)3;1-2-4-5-3-1;;/h2*6-10H,1-5H3;1-4H2;1H3;/q;;;-1;. The van der Waals surface area contributed by atoms with Crippen molar-refractivity contribution in [3.63, 3.8) is 0 Å². The third kappa shape index (κ3) is 8.01. The minimum atomic E-state index is 0. The molecule has 1 aliphatic heterocycles. The Bertz CT molecular complexity index is 240. The molecule has 2 aliphatic carbocycles. The third-order valence-electron chi connectivity index (χ3n) is 9.12. The number of hydrogen-bond donors (Lipinski definition) is 0.